The number of hydrogen-bond acceptors (Lipinski definition) is 4. The van der Waals surface area contributed by atoms with E-state index < -0.39 is 5.97 Å². The molecule has 22 heavy (non-hydrogen) atoms. The van der Waals surface area contributed by atoms with E-state index in [1.165, 1.54) is 11.1 Å². The minimum Gasteiger partial charge on any atom is -0.493 e. The first-order chi connectivity index (χ1) is 10.7. The molecule has 1 aromatic carbocycles. The summed E-state index contributed by atoms with van der Waals surface area (Å²) in [4.78, 5) is 11.3. The topological polar surface area (TPSA) is 67.8 Å². The van der Waals surface area contributed by atoms with Gasteiger partial charge in [-0.3, -0.25) is 4.79 Å². The molecule has 4 rings (SSSR count). The SMILES string of the molecule is O=C(O)C1CNC(c2c3c(cc4c2OCCC4)OCCC3)C1. The van der Waals surface area contributed by atoms with E-state index in [0.717, 1.165) is 56.0 Å². The number of fused-ring (bicyclic) bond motifs is 2. The number of carboxylic acid groups (broad SMARTS) is 1. The standard InChI is InChI=1S/C17H21NO4/c19-17(20)11-7-13(18-9-11)15-12-4-2-5-21-14(12)8-10-3-1-6-22-16(10)15/h8,11,13,18H,1-7,9H2,(H,19,20). The molecule has 3 aliphatic rings. The van der Waals surface area contributed by atoms with E-state index in [-0.39, 0.29) is 12.0 Å². The number of ether oxygens (including phenoxy) is 2. The Morgan fingerprint density at radius 3 is 2.86 bits per heavy atom. The highest BCUT2D eigenvalue weighted by Gasteiger charge is 2.35. The number of rotatable bonds is 2. The molecule has 1 fully saturated rings. The van der Waals surface area contributed by atoms with Gasteiger partial charge in [0.15, 0.2) is 0 Å². The minimum atomic E-state index is -0.717. The number of aryl methyl sites for hydroxylation is 1. The van der Waals surface area contributed by atoms with Gasteiger partial charge >= 0.3 is 5.97 Å². The Morgan fingerprint density at radius 2 is 2.05 bits per heavy atom. The molecule has 5 nitrogen and oxygen atoms in total. The van der Waals surface area contributed by atoms with Gasteiger partial charge in [0, 0.05) is 23.7 Å². The van der Waals surface area contributed by atoms with Gasteiger partial charge in [0.2, 0.25) is 0 Å². The van der Waals surface area contributed by atoms with Crippen LogP contribution in [-0.2, 0) is 17.6 Å². The fourth-order valence-corrected chi connectivity index (χ4v) is 3.88. The van der Waals surface area contributed by atoms with Crippen molar-refractivity contribution in [3.63, 3.8) is 0 Å². The maximum Gasteiger partial charge on any atom is 0.307 e. The van der Waals surface area contributed by atoms with E-state index in [1.807, 2.05) is 0 Å². The highest BCUT2D eigenvalue weighted by molar-refractivity contribution is 5.71. The first-order valence-electron chi connectivity index (χ1n) is 8.14. The highest BCUT2D eigenvalue weighted by atomic mass is 16.5. The average molecular weight is 303 g/mol. The third kappa shape index (κ3) is 2.24. The Morgan fingerprint density at radius 1 is 1.23 bits per heavy atom. The Hall–Kier alpha value is -1.75. The van der Waals surface area contributed by atoms with Gasteiger partial charge in [-0.1, -0.05) is 0 Å². The first-order valence-corrected chi connectivity index (χ1v) is 8.14. The summed E-state index contributed by atoms with van der Waals surface area (Å²) >= 11 is 0. The Kier molecular flexibility index (Phi) is 3.45. The van der Waals surface area contributed by atoms with Gasteiger partial charge in [-0.2, -0.15) is 0 Å². The van der Waals surface area contributed by atoms with Gasteiger partial charge in [0.05, 0.1) is 19.1 Å². The van der Waals surface area contributed by atoms with Crippen LogP contribution >= 0.6 is 0 Å². The van der Waals surface area contributed by atoms with E-state index in [9.17, 15) is 9.90 Å². The molecule has 0 spiro atoms. The summed E-state index contributed by atoms with van der Waals surface area (Å²) in [6.45, 7) is 2.04. The van der Waals surface area contributed by atoms with Crippen LogP contribution in [0.3, 0.4) is 0 Å². The third-order valence-corrected chi connectivity index (χ3v) is 4.96. The monoisotopic (exact) mass is 303 g/mol. The van der Waals surface area contributed by atoms with Crippen LogP contribution < -0.4 is 14.8 Å². The van der Waals surface area contributed by atoms with E-state index in [2.05, 4.69) is 11.4 Å². The number of carboxylic acids is 1. The zero-order chi connectivity index (χ0) is 15.1. The fraction of sp³-hybridized carbons (Fsp3) is 0.588. The molecule has 118 valence electrons. The smallest absolute Gasteiger partial charge is 0.307 e. The maximum absolute atomic E-state index is 11.3. The van der Waals surface area contributed by atoms with Crippen LogP contribution in [-0.4, -0.2) is 30.8 Å². The van der Waals surface area contributed by atoms with Crippen molar-refractivity contribution >= 4 is 5.97 Å². The quantitative estimate of drug-likeness (QED) is 0.875. The summed E-state index contributed by atoms with van der Waals surface area (Å²) in [5.74, 6) is 0.931. The van der Waals surface area contributed by atoms with Crippen LogP contribution in [0, 0.1) is 5.92 Å². The summed E-state index contributed by atoms with van der Waals surface area (Å²) in [5.41, 5.74) is 3.59. The predicted octanol–water partition coefficient (Wildman–Crippen LogP) is 2.07. The van der Waals surface area contributed by atoms with Crippen LogP contribution in [0.2, 0.25) is 0 Å². The lowest BCUT2D eigenvalue weighted by molar-refractivity contribution is -0.141. The molecule has 1 saturated heterocycles. The Balaban J connectivity index is 1.78. The first kappa shape index (κ1) is 13.9. The van der Waals surface area contributed by atoms with Crippen LogP contribution in [0.15, 0.2) is 6.07 Å². The minimum absolute atomic E-state index is 0.0598. The lowest BCUT2D eigenvalue weighted by Crippen LogP contribution is -2.22. The van der Waals surface area contributed by atoms with Crippen LogP contribution in [0.5, 0.6) is 11.5 Å². The molecular weight excluding hydrogens is 282 g/mol. The highest BCUT2D eigenvalue weighted by Crippen LogP contribution is 2.45. The zero-order valence-electron chi connectivity index (χ0n) is 12.6. The summed E-state index contributed by atoms with van der Waals surface area (Å²) in [6.07, 6.45) is 4.65. The van der Waals surface area contributed by atoms with Crippen molar-refractivity contribution in [3.05, 3.63) is 22.8 Å². The summed E-state index contributed by atoms with van der Waals surface area (Å²) < 4.78 is 11.9. The summed E-state index contributed by atoms with van der Waals surface area (Å²) in [7, 11) is 0. The summed E-state index contributed by atoms with van der Waals surface area (Å²) in [5, 5.41) is 12.6. The van der Waals surface area contributed by atoms with E-state index >= 15 is 0 Å². The van der Waals surface area contributed by atoms with Crippen molar-refractivity contribution in [2.45, 2.75) is 38.1 Å². The third-order valence-electron chi connectivity index (χ3n) is 4.96. The molecule has 2 N–H and O–H groups in total. The number of carbonyl (C=O) groups is 1. The van der Waals surface area contributed by atoms with Gasteiger partial charge in [0.25, 0.3) is 0 Å². The van der Waals surface area contributed by atoms with Crippen molar-refractivity contribution in [1.82, 2.24) is 5.32 Å². The van der Waals surface area contributed by atoms with E-state index in [0.29, 0.717) is 13.0 Å². The molecule has 3 aliphatic heterocycles. The lowest BCUT2D eigenvalue weighted by Gasteiger charge is -2.30. The van der Waals surface area contributed by atoms with Crippen LogP contribution in [0.25, 0.3) is 0 Å². The van der Waals surface area contributed by atoms with Crippen LogP contribution in [0.1, 0.15) is 42.0 Å². The molecule has 0 aromatic heterocycles. The van der Waals surface area contributed by atoms with E-state index in [4.69, 9.17) is 9.47 Å². The second-order valence-corrected chi connectivity index (χ2v) is 6.39. The fourth-order valence-electron chi connectivity index (χ4n) is 3.88. The molecule has 2 unspecified atom stereocenters. The molecule has 0 aliphatic carbocycles. The Labute approximate surface area is 129 Å². The van der Waals surface area contributed by atoms with Crippen molar-refractivity contribution in [1.29, 1.82) is 0 Å². The number of hydrogen-bond donors (Lipinski definition) is 2. The zero-order valence-corrected chi connectivity index (χ0v) is 12.6. The number of benzene rings is 1. The molecule has 5 heteroatoms. The molecule has 3 heterocycles. The van der Waals surface area contributed by atoms with Crippen LogP contribution in [0.4, 0.5) is 0 Å². The Bertz CT molecular complexity index is 579. The molecule has 1 aromatic rings. The molecule has 2 atom stereocenters. The summed E-state index contributed by atoms with van der Waals surface area (Å²) in [6, 6.07) is 2.19. The van der Waals surface area contributed by atoms with Gasteiger partial charge in [-0.15, -0.1) is 0 Å². The molecular formula is C17H21NO4. The molecule has 0 radical (unpaired) electrons. The largest absolute Gasteiger partial charge is 0.493 e. The van der Waals surface area contributed by atoms with Crippen molar-refractivity contribution < 1.29 is 19.4 Å². The van der Waals surface area contributed by atoms with Crippen molar-refractivity contribution in [3.8, 4) is 11.5 Å². The van der Waals surface area contributed by atoms with Gasteiger partial charge in [-0.05, 0) is 43.7 Å². The number of aliphatic carboxylic acids is 1. The van der Waals surface area contributed by atoms with E-state index in [1.54, 1.807) is 0 Å². The van der Waals surface area contributed by atoms with Gasteiger partial charge in [-0.25, -0.2) is 0 Å². The second-order valence-electron chi connectivity index (χ2n) is 6.39. The number of nitrogens with one attached hydrogen (secondary N) is 1. The normalized spacial score (nSPS) is 26.5. The predicted molar refractivity (Wildman–Crippen MR) is 80.6 cm³/mol. The molecule has 0 amide bonds. The molecule has 0 saturated carbocycles. The second kappa shape index (κ2) is 5.47. The average Bonchev–Trinajstić information content (AvgIpc) is 3.02. The lowest BCUT2D eigenvalue weighted by atomic mass is 9.88. The van der Waals surface area contributed by atoms with Gasteiger partial charge in [0.1, 0.15) is 11.5 Å². The van der Waals surface area contributed by atoms with Gasteiger partial charge < -0.3 is 19.9 Å². The van der Waals surface area contributed by atoms with Crippen molar-refractivity contribution in [2.24, 2.45) is 5.92 Å². The molecule has 0 bridgehead atoms. The maximum atomic E-state index is 11.3. The van der Waals surface area contributed by atoms with Crippen molar-refractivity contribution in [2.75, 3.05) is 19.8 Å².